The Hall–Kier alpha value is -1.72. The number of carboxylic acids is 1. The molecule has 138 valence electrons. The molecule has 1 aromatic heterocycles. The van der Waals surface area contributed by atoms with E-state index >= 15 is 0 Å². The lowest BCUT2D eigenvalue weighted by molar-refractivity contribution is -0.147. The second-order valence-corrected chi connectivity index (χ2v) is 8.64. The number of hydrogen-bond acceptors (Lipinski definition) is 4. The molecule has 2 aromatic rings. The molecule has 4 rings (SSSR count). The normalized spacial score (nSPS) is 16.8. The van der Waals surface area contributed by atoms with Gasteiger partial charge < -0.3 is 5.11 Å². The third-order valence-electron chi connectivity index (χ3n) is 5.49. The Morgan fingerprint density at radius 1 is 1.31 bits per heavy atom. The highest BCUT2D eigenvalue weighted by Gasteiger charge is 2.32. The van der Waals surface area contributed by atoms with Crippen LogP contribution in [0.2, 0.25) is 0 Å². The number of unbranched alkanes of at least 4 members (excludes halogenated alkanes) is 2. The van der Waals surface area contributed by atoms with Gasteiger partial charge in [0.05, 0.1) is 21.5 Å². The van der Waals surface area contributed by atoms with Gasteiger partial charge in [0.1, 0.15) is 0 Å². The summed E-state index contributed by atoms with van der Waals surface area (Å²) in [5, 5.41) is 10.3. The number of aliphatic carboxylic acids is 1. The molecule has 2 heterocycles. The zero-order valence-electron chi connectivity index (χ0n) is 15.3. The number of aromatic nitrogens is 1. The van der Waals surface area contributed by atoms with Crippen molar-refractivity contribution < 1.29 is 9.90 Å². The van der Waals surface area contributed by atoms with E-state index in [4.69, 9.17) is 10.1 Å². The minimum Gasteiger partial charge on any atom is -0.481 e. The maximum absolute atomic E-state index is 10.9. The van der Waals surface area contributed by atoms with Crippen LogP contribution < -0.4 is 0 Å². The summed E-state index contributed by atoms with van der Waals surface area (Å²) >= 11 is 1.88. The first-order chi connectivity index (χ1) is 12.6. The van der Waals surface area contributed by atoms with Crippen LogP contribution in [-0.4, -0.2) is 34.0 Å². The van der Waals surface area contributed by atoms with Gasteiger partial charge in [-0.2, -0.15) is 0 Å². The lowest BCUT2D eigenvalue weighted by Crippen LogP contribution is -2.49. The molecular formula is C21H26N2O2S. The first kappa shape index (κ1) is 17.7. The van der Waals surface area contributed by atoms with Crippen LogP contribution in [0.3, 0.4) is 0 Å². The van der Waals surface area contributed by atoms with Gasteiger partial charge in [-0.15, -0.1) is 11.3 Å². The van der Waals surface area contributed by atoms with Gasteiger partial charge in [-0.25, -0.2) is 4.98 Å². The second-order valence-electron chi connectivity index (χ2n) is 7.56. The Morgan fingerprint density at radius 2 is 2.15 bits per heavy atom. The molecule has 0 bridgehead atoms. The first-order valence-corrected chi connectivity index (χ1v) is 10.5. The molecule has 1 N–H and O–H groups in total. The fraction of sp³-hybridized carbons (Fsp3) is 0.524. The van der Waals surface area contributed by atoms with Gasteiger partial charge in [-0.3, -0.25) is 9.69 Å². The van der Waals surface area contributed by atoms with Crippen molar-refractivity contribution in [1.82, 2.24) is 9.88 Å². The zero-order valence-corrected chi connectivity index (χ0v) is 16.1. The number of likely N-dealkylation sites (tertiary alicyclic amines) is 1. The summed E-state index contributed by atoms with van der Waals surface area (Å²) in [6, 6.07) is 6.78. The molecule has 1 aliphatic carbocycles. The Bertz CT molecular complexity index is 808. The summed E-state index contributed by atoms with van der Waals surface area (Å²) in [5.74, 6) is -0.849. The van der Waals surface area contributed by atoms with Crippen LogP contribution in [0, 0.1) is 5.92 Å². The SMILES string of the molecule is CCCCCc1nc2c(s1)-c1ccc(CN3CC(C(=O)O)C3)cc1CC2. The lowest BCUT2D eigenvalue weighted by Gasteiger charge is -2.36. The topological polar surface area (TPSA) is 53.4 Å². The number of thiazole rings is 1. The predicted octanol–water partition coefficient (Wildman–Crippen LogP) is 4.16. The molecule has 1 aromatic carbocycles. The standard InChI is InChI=1S/C21H26N2O2S/c1-2-3-4-5-19-22-18-9-7-15-10-14(6-8-17(15)20(18)26-19)11-23-12-16(13-23)21(24)25/h6,8,10,16H,2-5,7,9,11-13H2,1H3,(H,24,25). The van der Waals surface area contributed by atoms with Crippen LogP contribution in [0.15, 0.2) is 18.2 Å². The van der Waals surface area contributed by atoms with Gasteiger partial charge in [-0.1, -0.05) is 38.0 Å². The lowest BCUT2D eigenvalue weighted by atomic mass is 9.91. The van der Waals surface area contributed by atoms with Gasteiger partial charge in [0.2, 0.25) is 0 Å². The molecule has 2 aliphatic rings. The maximum atomic E-state index is 10.9. The average Bonchev–Trinajstić information content (AvgIpc) is 3.00. The number of fused-ring (bicyclic) bond motifs is 3. The van der Waals surface area contributed by atoms with E-state index in [2.05, 4.69) is 30.0 Å². The van der Waals surface area contributed by atoms with E-state index in [-0.39, 0.29) is 5.92 Å². The van der Waals surface area contributed by atoms with Crippen molar-refractivity contribution in [3.8, 4) is 10.4 Å². The molecule has 0 amide bonds. The highest BCUT2D eigenvalue weighted by Crippen LogP contribution is 2.38. The van der Waals surface area contributed by atoms with Crippen LogP contribution >= 0.6 is 11.3 Å². The van der Waals surface area contributed by atoms with Crippen molar-refractivity contribution in [2.24, 2.45) is 5.92 Å². The van der Waals surface area contributed by atoms with Crippen molar-refractivity contribution in [3.63, 3.8) is 0 Å². The maximum Gasteiger partial charge on any atom is 0.309 e. The molecular weight excluding hydrogens is 344 g/mol. The number of carbonyl (C=O) groups is 1. The molecule has 0 saturated carbocycles. The molecule has 0 unspecified atom stereocenters. The minimum absolute atomic E-state index is 0.182. The molecule has 5 heteroatoms. The highest BCUT2D eigenvalue weighted by molar-refractivity contribution is 7.15. The summed E-state index contributed by atoms with van der Waals surface area (Å²) in [6.45, 7) is 4.44. The van der Waals surface area contributed by atoms with Crippen molar-refractivity contribution in [3.05, 3.63) is 40.0 Å². The Labute approximate surface area is 158 Å². The van der Waals surface area contributed by atoms with E-state index in [0.29, 0.717) is 13.1 Å². The molecule has 0 radical (unpaired) electrons. The number of rotatable bonds is 7. The number of nitrogens with zero attached hydrogens (tertiary/aromatic N) is 2. The Kier molecular flexibility index (Phi) is 5.09. The quantitative estimate of drug-likeness (QED) is 0.744. The molecule has 26 heavy (non-hydrogen) atoms. The van der Waals surface area contributed by atoms with Gasteiger partial charge >= 0.3 is 5.97 Å². The molecule has 0 spiro atoms. The van der Waals surface area contributed by atoms with Crippen molar-refractivity contribution >= 4 is 17.3 Å². The molecule has 1 fully saturated rings. The summed E-state index contributed by atoms with van der Waals surface area (Å²) < 4.78 is 0. The van der Waals surface area contributed by atoms with E-state index in [0.717, 1.165) is 25.8 Å². The van der Waals surface area contributed by atoms with E-state index in [1.165, 1.54) is 51.5 Å². The zero-order chi connectivity index (χ0) is 18.1. The summed E-state index contributed by atoms with van der Waals surface area (Å²) in [5.41, 5.74) is 5.37. The van der Waals surface area contributed by atoms with Crippen LogP contribution in [0.25, 0.3) is 10.4 Å². The largest absolute Gasteiger partial charge is 0.481 e. The molecule has 1 aliphatic heterocycles. The minimum atomic E-state index is -0.667. The van der Waals surface area contributed by atoms with E-state index in [1.807, 2.05) is 11.3 Å². The van der Waals surface area contributed by atoms with E-state index in [9.17, 15) is 4.79 Å². The second kappa shape index (κ2) is 7.49. The van der Waals surface area contributed by atoms with Crippen LogP contribution in [0.1, 0.15) is 48.0 Å². The Morgan fingerprint density at radius 3 is 2.92 bits per heavy atom. The average molecular weight is 371 g/mol. The van der Waals surface area contributed by atoms with Crippen LogP contribution in [-0.2, 0) is 30.6 Å². The molecule has 4 nitrogen and oxygen atoms in total. The van der Waals surface area contributed by atoms with Crippen molar-refractivity contribution in [2.75, 3.05) is 13.1 Å². The number of benzene rings is 1. The third kappa shape index (κ3) is 3.55. The Balaban J connectivity index is 1.45. The monoisotopic (exact) mass is 370 g/mol. The molecule has 0 atom stereocenters. The molecule has 1 saturated heterocycles. The third-order valence-corrected chi connectivity index (χ3v) is 6.68. The van der Waals surface area contributed by atoms with E-state index in [1.54, 1.807) is 0 Å². The highest BCUT2D eigenvalue weighted by atomic mass is 32.1. The van der Waals surface area contributed by atoms with Gasteiger partial charge in [-0.05, 0) is 42.4 Å². The van der Waals surface area contributed by atoms with Gasteiger partial charge in [0, 0.05) is 19.6 Å². The van der Waals surface area contributed by atoms with Crippen molar-refractivity contribution in [1.29, 1.82) is 0 Å². The summed E-state index contributed by atoms with van der Waals surface area (Å²) in [6.07, 6.45) is 6.98. The first-order valence-electron chi connectivity index (χ1n) is 9.70. The van der Waals surface area contributed by atoms with Crippen LogP contribution in [0.5, 0.6) is 0 Å². The van der Waals surface area contributed by atoms with Crippen LogP contribution in [0.4, 0.5) is 0 Å². The number of hydrogen-bond donors (Lipinski definition) is 1. The smallest absolute Gasteiger partial charge is 0.309 e. The van der Waals surface area contributed by atoms with Gasteiger partial charge in [0.25, 0.3) is 0 Å². The number of carboxylic acid groups (broad SMARTS) is 1. The van der Waals surface area contributed by atoms with Crippen molar-refractivity contribution in [2.45, 2.75) is 52.0 Å². The predicted molar refractivity (Wildman–Crippen MR) is 105 cm³/mol. The number of aryl methyl sites for hydroxylation is 3. The van der Waals surface area contributed by atoms with E-state index < -0.39 is 5.97 Å². The summed E-state index contributed by atoms with van der Waals surface area (Å²) in [4.78, 5) is 19.4. The fourth-order valence-corrected chi connectivity index (χ4v) is 5.17. The van der Waals surface area contributed by atoms with Gasteiger partial charge in [0.15, 0.2) is 0 Å². The summed E-state index contributed by atoms with van der Waals surface area (Å²) in [7, 11) is 0. The fourth-order valence-electron chi connectivity index (χ4n) is 3.95.